The molecule has 1 unspecified atom stereocenters. The summed E-state index contributed by atoms with van der Waals surface area (Å²) < 4.78 is 0. The molecule has 44 valence electrons. The molecule has 1 heterocycles. The Morgan fingerprint density at radius 2 is 2.43 bits per heavy atom. The molecule has 1 aliphatic heterocycles. The maximum atomic E-state index is 3.38. The number of hydrogen-bond donors (Lipinski definition) is 1. The molecule has 0 radical (unpaired) electrons. The number of piperidine rings is 1. The van der Waals surface area contributed by atoms with Crippen molar-refractivity contribution in [3.05, 3.63) is 0 Å². The minimum absolute atomic E-state index is 0. The van der Waals surface area contributed by atoms with Gasteiger partial charge in [-0.3, -0.25) is 0 Å². The summed E-state index contributed by atoms with van der Waals surface area (Å²) in [6.07, 6.45) is 4.18. The Morgan fingerprint density at radius 3 is 2.71 bits per heavy atom. The summed E-state index contributed by atoms with van der Waals surface area (Å²) in [5.74, 6) is 0. The van der Waals surface area contributed by atoms with Crippen molar-refractivity contribution in [1.82, 2.24) is 5.32 Å². The van der Waals surface area contributed by atoms with E-state index in [1.54, 1.807) is 0 Å². The van der Waals surface area contributed by atoms with Crippen LogP contribution in [0.2, 0.25) is 0 Å². The van der Waals surface area contributed by atoms with Gasteiger partial charge in [-0.1, -0.05) is 6.42 Å². The Morgan fingerprint density at radius 1 is 1.57 bits per heavy atom. The third kappa shape index (κ3) is 1.48. The van der Waals surface area contributed by atoms with Crippen LogP contribution in [0.1, 0.15) is 27.6 Å². The first-order chi connectivity index (χ1) is 3.39. The minimum atomic E-state index is 0. The van der Waals surface area contributed by atoms with E-state index in [-0.39, 0.29) is 1.43 Å². The summed E-state index contributed by atoms with van der Waals surface area (Å²) in [6, 6.07) is 0.786. The van der Waals surface area contributed by atoms with E-state index in [0.29, 0.717) is 0 Å². The highest BCUT2D eigenvalue weighted by Gasteiger charge is 2.04. The second kappa shape index (κ2) is 2.31. The Labute approximate surface area is 46.6 Å². The highest BCUT2D eigenvalue weighted by Crippen LogP contribution is 2.04. The van der Waals surface area contributed by atoms with Crippen molar-refractivity contribution in [2.75, 3.05) is 6.54 Å². The summed E-state index contributed by atoms with van der Waals surface area (Å²) in [6.45, 7) is 3.49. The summed E-state index contributed by atoms with van der Waals surface area (Å²) in [4.78, 5) is 0. The van der Waals surface area contributed by atoms with Crippen LogP contribution in [0, 0.1) is 0 Å². The van der Waals surface area contributed by atoms with Crippen LogP contribution in [0.4, 0.5) is 0 Å². The quantitative estimate of drug-likeness (QED) is 0.486. The average Bonchev–Trinajstić information content (AvgIpc) is 1.69. The van der Waals surface area contributed by atoms with Gasteiger partial charge in [-0.25, -0.2) is 0 Å². The number of nitrogens with one attached hydrogen (secondary N) is 1. The van der Waals surface area contributed by atoms with E-state index in [1.165, 1.54) is 25.8 Å². The SMILES string of the molecule is CC1CCCCN1.[HH]. The highest BCUT2D eigenvalue weighted by molar-refractivity contribution is 4.65. The second-order valence-corrected chi connectivity index (χ2v) is 2.35. The van der Waals surface area contributed by atoms with E-state index in [4.69, 9.17) is 0 Å². The maximum Gasteiger partial charge on any atom is 0.00387 e. The normalized spacial score (nSPS) is 33.0. The zero-order valence-corrected chi connectivity index (χ0v) is 4.91. The van der Waals surface area contributed by atoms with Crippen molar-refractivity contribution < 1.29 is 1.43 Å². The third-order valence-electron chi connectivity index (χ3n) is 1.56. The molecule has 1 N–H and O–H groups in total. The third-order valence-corrected chi connectivity index (χ3v) is 1.56. The van der Waals surface area contributed by atoms with Crippen LogP contribution in [-0.4, -0.2) is 12.6 Å². The minimum Gasteiger partial charge on any atom is -0.314 e. The number of hydrogen-bond acceptors (Lipinski definition) is 1. The van der Waals surface area contributed by atoms with Gasteiger partial charge in [-0.05, 0) is 26.3 Å². The Kier molecular flexibility index (Phi) is 1.69. The largest absolute Gasteiger partial charge is 0.314 e. The van der Waals surface area contributed by atoms with Gasteiger partial charge in [0.2, 0.25) is 0 Å². The van der Waals surface area contributed by atoms with Crippen LogP contribution < -0.4 is 5.32 Å². The zero-order chi connectivity index (χ0) is 5.11. The Hall–Kier alpha value is -0.0400. The van der Waals surface area contributed by atoms with Crippen molar-refractivity contribution in [3.63, 3.8) is 0 Å². The monoisotopic (exact) mass is 101 g/mol. The Balaban J connectivity index is 0.000000490. The molecule has 1 nitrogen and oxygen atoms in total. The van der Waals surface area contributed by atoms with Crippen molar-refractivity contribution in [3.8, 4) is 0 Å². The molecule has 1 saturated heterocycles. The Bertz CT molecular complexity index is 50.5. The molecule has 1 fully saturated rings. The summed E-state index contributed by atoms with van der Waals surface area (Å²) in [5.41, 5.74) is 0. The fraction of sp³-hybridized carbons (Fsp3) is 1.00. The molecule has 1 atom stereocenters. The molecule has 0 spiro atoms. The van der Waals surface area contributed by atoms with Gasteiger partial charge in [-0.2, -0.15) is 0 Å². The van der Waals surface area contributed by atoms with Crippen molar-refractivity contribution in [2.45, 2.75) is 32.2 Å². The van der Waals surface area contributed by atoms with E-state index in [0.717, 1.165) is 6.04 Å². The van der Waals surface area contributed by atoms with Gasteiger partial charge < -0.3 is 5.32 Å². The van der Waals surface area contributed by atoms with E-state index in [2.05, 4.69) is 12.2 Å². The van der Waals surface area contributed by atoms with E-state index >= 15 is 0 Å². The van der Waals surface area contributed by atoms with Crippen molar-refractivity contribution in [1.29, 1.82) is 0 Å². The molecule has 0 amide bonds. The molecule has 0 aliphatic carbocycles. The molecule has 0 aromatic heterocycles. The predicted molar refractivity (Wildman–Crippen MR) is 33.4 cm³/mol. The lowest BCUT2D eigenvalue weighted by Crippen LogP contribution is -2.30. The van der Waals surface area contributed by atoms with Gasteiger partial charge in [0, 0.05) is 7.47 Å². The first-order valence-electron chi connectivity index (χ1n) is 3.13. The molecule has 1 aliphatic rings. The molecule has 0 saturated carbocycles. The topological polar surface area (TPSA) is 12.0 Å². The predicted octanol–water partition coefficient (Wildman–Crippen LogP) is 1.39. The molecule has 0 bridgehead atoms. The van der Waals surface area contributed by atoms with Crippen LogP contribution in [0.5, 0.6) is 0 Å². The van der Waals surface area contributed by atoms with Gasteiger partial charge in [0.05, 0.1) is 0 Å². The molecular weight excluding hydrogens is 86.1 g/mol. The van der Waals surface area contributed by atoms with Crippen molar-refractivity contribution in [2.24, 2.45) is 0 Å². The van der Waals surface area contributed by atoms with Gasteiger partial charge in [0.1, 0.15) is 0 Å². The van der Waals surface area contributed by atoms with E-state index in [9.17, 15) is 0 Å². The summed E-state index contributed by atoms with van der Waals surface area (Å²) in [5, 5.41) is 3.38. The fourth-order valence-corrected chi connectivity index (χ4v) is 1.03. The average molecular weight is 101 g/mol. The highest BCUT2D eigenvalue weighted by atomic mass is 14.9. The zero-order valence-electron chi connectivity index (χ0n) is 4.91. The van der Waals surface area contributed by atoms with E-state index in [1.807, 2.05) is 0 Å². The number of rotatable bonds is 0. The first kappa shape index (κ1) is 5.10. The molecule has 1 rings (SSSR count). The second-order valence-electron chi connectivity index (χ2n) is 2.35. The molecule has 7 heavy (non-hydrogen) atoms. The van der Waals surface area contributed by atoms with E-state index < -0.39 is 0 Å². The fourth-order valence-electron chi connectivity index (χ4n) is 1.03. The van der Waals surface area contributed by atoms with Crippen LogP contribution in [0.3, 0.4) is 0 Å². The molecule has 0 aromatic carbocycles. The summed E-state index contributed by atoms with van der Waals surface area (Å²) >= 11 is 0. The van der Waals surface area contributed by atoms with Crippen LogP contribution in [-0.2, 0) is 0 Å². The molecular formula is C6H15N. The lowest BCUT2D eigenvalue weighted by atomic mass is 10.1. The molecule has 1 heteroatoms. The van der Waals surface area contributed by atoms with Gasteiger partial charge in [0.25, 0.3) is 0 Å². The standard InChI is InChI=1S/C6H13N.H2/c1-6-4-2-3-5-7-6;/h6-7H,2-5H2,1H3;1H. The van der Waals surface area contributed by atoms with Gasteiger partial charge in [-0.15, -0.1) is 0 Å². The van der Waals surface area contributed by atoms with Crippen LogP contribution in [0.15, 0.2) is 0 Å². The lowest BCUT2D eigenvalue weighted by molar-refractivity contribution is 0.425. The van der Waals surface area contributed by atoms with Gasteiger partial charge >= 0.3 is 0 Å². The summed E-state index contributed by atoms with van der Waals surface area (Å²) in [7, 11) is 0. The lowest BCUT2D eigenvalue weighted by Gasteiger charge is -2.18. The first-order valence-corrected chi connectivity index (χ1v) is 3.13. The maximum absolute atomic E-state index is 3.38. The molecule has 0 aromatic rings. The van der Waals surface area contributed by atoms with Gasteiger partial charge in [0.15, 0.2) is 0 Å². The van der Waals surface area contributed by atoms with Crippen molar-refractivity contribution >= 4 is 0 Å². The smallest absolute Gasteiger partial charge is 0.00387 e. The van der Waals surface area contributed by atoms with Crippen LogP contribution >= 0.6 is 0 Å². The van der Waals surface area contributed by atoms with Crippen LogP contribution in [0.25, 0.3) is 0 Å².